The minimum absolute atomic E-state index is 0.00952. The number of likely N-dealkylation sites (tertiary alicyclic amines) is 1. The number of aliphatic hydroxyl groups excluding tert-OH is 1. The molecule has 1 aromatic carbocycles. The van der Waals surface area contributed by atoms with Crippen LogP contribution < -0.4 is 4.90 Å². The number of anilines is 1. The van der Waals surface area contributed by atoms with Gasteiger partial charge in [0.25, 0.3) is 5.91 Å². The van der Waals surface area contributed by atoms with E-state index in [0.717, 1.165) is 12.8 Å². The fourth-order valence-corrected chi connectivity index (χ4v) is 3.41. The maximum Gasteiger partial charge on any atom is 0.251 e. The van der Waals surface area contributed by atoms with Crippen molar-refractivity contribution in [1.82, 2.24) is 9.80 Å². The molecule has 25 heavy (non-hydrogen) atoms. The van der Waals surface area contributed by atoms with Crippen molar-refractivity contribution in [3.63, 3.8) is 0 Å². The van der Waals surface area contributed by atoms with Gasteiger partial charge in [-0.25, -0.2) is 4.39 Å². The summed E-state index contributed by atoms with van der Waals surface area (Å²) in [5, 5.41) is 9.78. The van der Waals surface area contributed by atoms with E-state index in [1.807, 2.05) is 4.90 Å². The standard InChI is InChI=1S/C18H24FN3O3/c19-14-5-1-2-6-15(14)20-9-11-21(12-10-20)17(24)13-22-8-4-3-7-16(23)18(22)25/h1-2,5-6,16,23H,3-4,7-13H2. The van der Waals surface area contributed by atoms with Crippen molar-refractivity contribution < 1.29 is 19.1 Å². The fourth-order valence-electron chi connectivity index (χ4n) is 3.41. The predicted octanol–water partition coefficient (Wildman–Crippen LogP) is 0.848. The van der Waals surface area contributed by atoms with Crippen molar-refractivity contribution in [3.05, 3.63) is 30.1 Å². The van der Waals surface area contributed by atoms with Crippen molar-refractivity contribution in [2.24, 2.45) is 0 Å². The van der Waals surface area contributed by atoms with Gasteiger partial charge < -0.3 is 19.8 Å². The van der Waals surface area contributed by atoms with Gasteiger partial charge in [-0.1, -0.05) is 12.1 Å². The minimum atomic E-state index is -0.992. The molecule has 2 aliphatic rings. The summed E-state index contributed by atoms with van der Waals surface area (Å²) in [6.45, 7) is 2.63. The predicted molar refractivity (Wildman–Crippen MR) is 91.6 cm³/mol. The van der Waals surface area contributed by atoms with Gasteiger partial charge in [0, 0.05) is 32.7 Å². The number of piperazine rings is 1. The number of rotatable bonds is 3. The number of nitrogens with zero attached hydrogens (tertiary/aromatic N) is 3. The molecule has 2 amide bonds. The third kappa shape index (κ3) is 4.10. The number of hydrogen-bond acceptors (Lipinski definition) is 4. The van der Waals surface area contributed by atoms with Gasteiger partial charge in [-0.2, -0.15) is 0 Å². The average molecular weight is 349 g/mol. The van der Waals surface area contributed by atoms with Gasteiger partial charge in [0.2, 0.25) is 5.91 Å². The van der Waals surface area contributed by atoms with Gasteiger partial charge in [0.1, 0.15) is 11.9 Å². The zero-order valence-corrected chi connectivity index (χ0v) is 14.2. The summed E-state index contributed by atoms with van der Waals surface area (Å²) in [6, 6.07) is 6.63. The van der Waals surface area contributed by atoms with Crippen LogP contribution in [0.15, 0.2) is 24.3 Å². The maximum atomic E-state index is 13.9. The van der Waals surface area contributed by atoms with Gasteiger partial charge in [0.15, 0.2) is 0 Å². The number of amides is 2. The molecule has 0 saturated carbocycles. The third-order valence-electron chi connectivity index (χ3n) is 4.90. The number of carbonyl (C=O) groups excluding carboxylic acids is 2. The largest absolute Gasteiger partial charge is 0.383 e. The molecule has 7 heteroatoms. The van der Waals surface area contributed by atoms with E-state index in [4.69, 9.17) is 0 Å². The minimum Gasteiger partial charge on any atom is -0.383 e. The van der Waals surface area contributed by atoms with Crippen LogP contribution in [0.3, 0.4) is 0 Å². The highest BCUT2D eigenvalue weighted by molar-refractivity contribution is 5.87. The average Bonchev–Trinajstić information content (AvgIpc) is 2.78. The summed E-state index contributed by atoms with van der Waals surface area (Å²) in [4.78, 5) is 29.7. The Hall–Kier alpha value is -2.15. The molecule has 0 bridgehead atoms. The molecule has 2 heterocycles. The van der Waals surface area contributed by atoms with Crippen LogP contribution in [0.5, 0.6) is 0 Å². The Morgan fingerprint density at radius 3 is 2.56 bits per heavy atom. The highest BCUT2D eigenvalue weighted by Crippen LogP contribution is 2.20. The Morgan fingerprint density at radius 2 is 1.84 bits per heavy atom. The summed E-state index contributed by atoms with van der Waals surface area (Å²) in [6.07, 6.45) is 1.06. The second kappa shape index (κ2) is 7.82. The van der Waals surface area contributed by atoms with E-state index in [-0.39, 0.29) is 24.2 Å². The molecule has 136 valence electrons. The first-order chi connectivity index (χ1) is 12.1. The number of carbonyl (C=O) groups is 2. The Balaban J connectivity index is 1.55. The third-order valence-corrected chi connectivity index (χ3v) is 4.90. The zero-order chi connectivity index (χ0) is 17.8. The first-order valence-electron chi connectivity index (χ1n) is 8.80. The number of hydrogen-bond donors (Lipinski definition) is 1. The summed E-state index contributed by atoms with van der Waals surface area (Å²) < 4.78 is 13.9. The molecule has 2 saturated heterocycles. The number of aliphatic hydroxyl groups is 1. The van der Waals surface area contributed by atoms with E-state index in [1.54, 1.807) is 23.1 Å². The molecule has 0 spiro atoms. The number of para-hydroxylation sites is 1. The lowest BCUT2D eigenvalue weighted by Gasteiger charge is -2.37. The van der Waals surface area contributed by atoms with Crippen LogP contribution in [-0.2, 0) is 9.59 Å². The molecular weight excluding hydrogens is 325 g/mol. The maximum absolute atomic E-state index is 13.9. The van der Waals surface area contributed by atoms with Crippen LogP contribution >= 0.6 is 0 Å². The second-order valence-corrected chi connectivity index (χ2v) is 6.59. The lowest BCUT2D eigenvalue weighted by molar-refractivity contribution is -0.145. The van der Waals surface area contributed by atoms with Gasteiger partial charge in [0.05, 0.1) is 12.2 Å². The molecule has 0 radical (unpaired) electrons. The van der Waals surface area contributed by atoms with Crippen molar-refractivity contribution in [1.29, 1.82) is 0 Å². The smallest absolute Gasteiger partial charge is 0.251 e. The Morgan fingerprint density at radius 1 is 1.12 bits per heavy atom. The molecule has 1 unspecified atom stereocenters. The van der Waals surface area contributed by atoms with E-state index in [2.05, 4.69) is 0 Å². The molecule has 6 nitrogen and oxygen atoms in total. The van der Waals surface area contributed by atoms with Crippen LogP contribution in [0.1, 0.15) is 19.3 Å². The summed E-state index contributed by atoms with van der Waals surface area (Å²) in [5.74, 6) is -0.724. The quantitative estimate of drug-likeness (QED) is 0.879. The van der Waals surface area contributed by atoms with E-state index < -0.39 is 6.10 Å². The molecule has 0 aliphatic carbocycles. The highest BCUT2D eigenvalue weighted by Gasteiger charge is 2.29. The van der Waals surface area contributed by atoms with Crippen LogP contribution in [-0.4, -0.2) is 72.1 Å². The fraction of sp³-hybridized carbons (Fsp3) is 0.556. The van der Waals surface area contributed by atoms with E-state index >= 15 is 0 Å². The molecule has 1 atom stereocenters. The zero-order valence-electron chi connectivity index (χ0n) is 14.2. The topological polar surface area (TPSA) is 64.1 Å². The van der Waals surface area contributed by atoms with Crippen LogP contribution in [0.4, 0.5) is 10.1 Å². The van der Waals surface area contributed by atoms with Crippen molar-refractivity contribution >= 4 is 17.5 Å². The monoisotopic (exact) mass is 349 g/mol. The Kier molecular flexibility index (Phi) is 5.53. The second-order valence-electron chi connectivity index (χ2n) is 6.59. The Bertz CT molecular complexity index is 632. The number of benzene rings is 1. The first-order valence-corrected chi connectivity index (χ1v) is 8.80. The lowest BCUT2D eigenvalue weighted by atomic mass is 10.2. The number of halogens is 1. The van der Waals surface area contributed by atoms with Gasteiger partial charge in [-0.15, -0.1) is 0 Å². The first kappa shape index (κ1) is 17.7. The molecule has 1 aromatic rings. The highest BCUT2D eigenvalue weighted by atomic mass is 19.1. The summed E-state index contributed by atoms with van der Waals surface area (Å²) in [7, 11) is 0. The van der Waals surface area contributed by atoms with Crippen LogP contribution in [0, 0.1) is 5.82 Å². The van der Waals surface area contributed by atoms with Crippen LogP contribution in [0.2, 0.25) is 0 Å². The van der Waals surface area contributed by atoms with E-state index in [1.165, 1.54) is 11.0 Å². The van der Waals surface area contributed by atoms with Crippen molar-refractivity contribution in [3.8, 4) is 0 Å². The molecule has 2 aliphatic heterocycles. The SMILES string of the molecule is O=C(CN1CCCCC(O)C1=O)N1CCN(c2ccccc2F)CC1. The van der Waals surface area contributed by atoms with E-state index in [9.17, 15) is 19.1 Å². The molecule has 2 fully saturated rings. The molecule has 3 rings (SSSR count). The molecule has 1 N–H and O–H groups in total. The molecule has 0 aromatic heterocycles. The lowest BCUT2D eigenvalue weighted by Crippen LogP contribution is -2.52. The van der Waals surface area contributed by atoms with Gasteiger partial charge in [-0.3, -0.25) is 9.59 Å². The molecular formula is C18H24FN3O3. The van der Waals surface area contributed by atoms with E-state index in [0.29, 0.717) is 44.8 Å². The van der Waals surface area contributed by atoms with Crippen molar-refractivity contribution in [2.45, 2.75) is 25.4 Å². The summed E-state index contributed by atoms with van der Waals surface area (Å²) in [5.41, 5.74) is 0.556. The van der Waals surface area contributed by atoms with Crippen LogP contribution in [0.25, 0.3) is 0 Å². The van der Waals surface area contributed by atoms with Crippen molar-refractivity contribution in [2.75, 3.05) is 44.2 Å². The van der Waals surface area contributed by atoms with Gasteiger partial charge >= 0.3 is 0 Å². The van der Waals surface area contributed by atoms with Gasteiger partial charge in [-0.05, 0) is 31.4 Å². The Labute approximate surface area is 146 Å². The summed E-state index contributed by atoms with van der Waals surface area (Å²) >= 11 is 0. The normalized spacial score (nSPS) is 22.1.